The molecule has 1 aromatic heterocycles. The van der Waals surface area contributed by atoms with Crippen molar-refractivity contribution in [2.75, 3.05) is 20.3 Å². The lowest BCUT2D eigenvalue weighted by Gasteiger charge is -2.44. The Balaban J connectivity index is 1.30. The van der Waals surface area contributed by atoms with Crippen molar-refractivity contribution in [1.82, 2.24) is 4.90 Å². The summed E-state index contributed by atoms with van der Waals surface area (Å²) in [5, 5.41) is 38.2. The maximum atomic E-state index is 14.3. The van der Waals surface area contributed by atoms with Gasteiger partial charge in [-0.05, 0) is 109 Å². The number of carbonyl (C=O) groups is 2. The SMILES string of the molecule is COc1cc(/C=C(/CC[C@@H](O)C2=C(CO[Si](c3ccccc3)(c3ccccc3)C(C)(C)C)C[C@H]3C(=O)N(Cc4cccs4)C(=O)[C@H]3[C@H]2CO)c2ccccc2)cc(I)c1O. The first-order valence-electron chi connectivity index (χ1n) is 20.3. The molecule has 2 amide bonds. The number of thiophene rings is 1. The van der Waals surface area contributed by atoms with Crippen LogP contribution in [0.5, 0.6) is 11.5 Å². The van der Waals surface area contributed by atoms with Gasteiger partial charge in [-0.2, -0.15) is 0 Å². The summed E-state index contributed by atoms with van der Waals surface area (Å²) in [5.41, 5.74) is 4.10. The molecule has 11 heteroatoms. The second kappa shape index (κ2) is 18.7. The van der Waals surface area contributed by atoms with E-state index < -0.39 is 38.8 Å². The summed E-state index contributed by atoms with van der Waals surface area (Å²) in [6, 6.07) is 38.1. The topological polar surface area (TPSA) is 117 Å². The minimum absolute atomic E-state index is 0.0752. The highest BCUT2D eigenvalue weighted by molar-refractivity contribution is 14.1. The number of ether oxygens (including phenoxy) is 1. The van der Waals surface area contributed by atoms with E-state index in [1.54, 1.807) is 6.07 Å². The summed E-state index contributed by atoms with van der Waals surface area (Å²) in [6.07, 6.45) is 1.94. The van der Waals surface area contributed by atoms with Crippen molar-refractivity contribution in [2.45, 2.75) is 57.7 Å². The highest BCUT2D eigenvalue weighted by atomic mass is 127. The normalized spacial score (nSPS) is 19.1. The molecule has 5 aromatic rings. The summed E-state index contributed by atoms with van der Waals surface area (Å²) in [5.74, 6) is -2.40. The zero-order chi connectivity index (χ0) is 42.6. The van der Waals surface area contributed by atoms with Gasteiger partial charge in [0.25, 0.3) is 8.32 Å². The Morgan fingerprint density at radius 3 is 2.13 bits per heavy atom. The predicted octanol–water partition coefficient (Wildman–Crippen LogP) is 8.44. The van der Waals surface area contributed by atoms with Crippen molar-refractivity contribution in [3.05, 3.63) is 151 Å². The molecular formula is C49H52INO7SSi. The molecule has 0 bridgehead atoms. The maximum absolute atomic E-state index is 14.3. The fraction of sp³-hybridized carbons (Fsp3) is 0.306. The number of phenols is 1. The van der Waals surface area contributed by atoms with Gasteiger partial charge in [0.1, 0.15) is 0 Å². The Morgan fingerprint density at radius 1 is 0.933 bits per heavy atom. The number of halogens is 1. The lowest BCUT2D eigenvalue weighted by molar-refractivity contribution is -0.140. The number of nitrogens with zero attached hydrogens (tertiary/aromatic N) is 1. The number of allylic oxidation sites excluding steroid dienone is 1. The highest BCUT2D eigenvalue weighted by Crippen LogP contribution is 2.48. The van der Waals surface area contributed by atoms with Gasteiger partial charge in [-0.15, -0.1) is 11.3 Å². The lowest BCUT2D eigenvalue weighted by Crippen LogP contribution is -2.66. The number of aliphatic hydroxyl groups excluding tert-OH is 2. The van der Waals surface area contributed by atoms with Gasteiger partial charge in [-0.1, -0.05) is 124 Å². The molecule has 4 atom stereocenters. The molecule has 1 aliphatic carbocycles. The van der Waals surface area contributed by atoms with Crippen LogP contribution in [0, 0.1) is 21.3 Å². The number of hydrogen-bond acceptors (Lipinski definition) is 8. The Bertz CT molecular complexity index is 2310. The molecular weight excluding hydrogens is 902 g/mol. The van der Waals surface area contributed by atoms with E-state index >= 15 is 0 Å². The van der Waals surface area contributed by atoms with Crippen LogP contribution < -0.4 is 15.1 Å². The minimum Gasteiger partial charge on any atom is -0.504 e. The Kier molecular flexibility index (Phi) is 13.6. The number of likely N-dealkylation sites (tertiary alicyclic amines) is 1. The predicted molar refractivity (Wildman–Crippen MR) is 250 cm³/mol. The van der Waals surface area contributed by atoms with Crippen molar-refractivity contribution in [3.8, 4) is 11.5 Å². The van der Waals surface area contributed by atoms with E-state index in [2.05, 4.69) is 67.6 Å². The van der Waals surface area contributed by atoms with Crippen molar-refractivity contribution in [2.24, 2.45) is 17.8 Å². The molecule has 1 fully saturated rings. The number of benzene rings is 4. The van der Waals surface area contributed by atoms with Crippen LogP contribution in [0.15, 0.2) is 132 Å². The molecule has 60 heavy (non-hydrogen) atoms. The van der Waals surface area contributed by atoms with E-state index in [1.807, 2.05) is 96.4 Å². The van der Waals surface area contributed by atoms with Crippen LogP contribution >= 0.6 is 33.9 Å². The number of carbonyl (C=O) groups excluding carboxylic acids is 2. The quantitative estimate of drug-likeness (QED) is 0.0317. The van der Waals surface area contributed by atoms with E-state index in [4.69, 9.17) is 9.16 Å². The Morgan fingerprint density at radius 2 is 1.57 bits per heavy atom. The molecule has 4 aromatic carbocycles. The number of aromatic hydroxyl groups is 1. The molecule has 312 valence electrons. The number of rotatable bonds is 15. The van der Waals surface area contributed by atoms with Crippen LogP contribution in [0.25, 0.3) is 11.6 Å². The first-order valence-corrected chi connectivity index (χ1v) is 24.2. The van der Waals surface area contributed by atoms with Gasteiger partial charge in [0.05, 0.1) is 48.4 Å². The van der Waals surface area contributed by atoms with Crippen molar-refractivity contribution in [1.29, 1.82) is 0 Å². The molecule has 7 rings (SSSR count). The molecule has 2 heterocycles. The highest BCUT2D eigenvalue weighted by Gasteiger charge is 2.56. The van der Waals surface area contributed by atoms with E-state index in [-0.39, 0.29) is 48.6 Å². The monoisotopic (exact) mass is 953 g/mol. The number of fused-ring (bicyclic) bond motifs is 1. The minimum atomic E-state index is -3.07. The number of imide groups is 1. The number of aliphatic hydroxyl groups is 2. The summed E-state index contributed by atoms with van der Waals surface area (Å²) in [7, 11) is -1.55. The van der Waals surface area contributed by atoms with Gasteiger partial charge in [0.15, 0.2) is 11.5 Å². The smallest absolute Gasteiger partial charge is 0.261 e. The van der Waals surface area contributed by atoms with E-state index in [0.717, 1.165) is 37.5 Å². The molecule has 0 saturated carbocycles. The molecule has 0 unspecified atom stereocenters. The lowest BCUT2D eigenvalue weighted by atomic mass is 9.68. The van der Waals surface area contributed by atoms with Crippen LogP contribution in [-0.4, -0.2) is 66.8 Å². The molecule has 8 nitrogen and oxygen atoms in total. The van der Waals surface area contributed by atoms with Crippen molar-refractivity contribution < 1.29 is 34.1 Å². The second-order valence-corrected chi connectivity index (χ2v) is 23.1. The van der Waals surface area contributed by atoms with Gasteiger partial charge in [-0.25, -0.2) is 0 Å². The standard InChI is InChI=1S/C49H52INO7SSi/c1-49(2,3)60(37-18-10-6-11-19-37,38-20-12-7-13-21-38)58-31-35-28-39-45(48(56)51(47(39)55)29-36-17-14-24-59-36)40(30-52)44(35)42(53)23-22-34(33-15-8-5-9-16-33)25-32-26-41(50)46(54)43(27-32)57-4/h5-21,24-27,39-40,42,45,52-54H,22-23,28-31H2,1-4H3/b34-25-/t39-,40+,42-,45-/m1/s1. The van der Waals surface area contributed by atoms with Gasteiger partial charge < -0.3 is 24.5 Å². The Hall–Kier alpha value is -4.37. The van der Waals surface area contributed by atoms with Crippen LogP contribution in [-0.2, 0) is 20.6 Å². The van der Waals surface area contributed by atoms with E-state index in [0.29, 0.717) is 21.3 Å². The molecule has 2 aliphatic rings. The third-order valence-corrected chi connectivity index (χ3v) is 18.7. The Labute approximate surface area is 371 Å². The van der Waals surface area contributed by atoms with Gasteiger partial charge in [0.2, 0.25) is 11.8 Å². The zero-order valence-corrected chi connectivity index (χ0v) is 38.4. The first kappa shape index (κ1) is 43.7. The van der Waals surface area contributed by atoms with Gasteiger partial charge in [-0.3, -0.25) is 14.5 Å². The molecule has 3 N–H and O–H groups in total. The van der Waals surface area contributed by atoms with Gasteiger partial charge in [0, 0.05) is 10.8 Å². The van der Waals surface area contributed by atoms with E-state index in [9.17, 15) is 24.9 Å². The number of hydrogen-bond donors (Lipinski definition) is 3. The van der Waals surface area contributed by atoms with Crippen molar-refractivity contribution >= 4 is 76.1 Å². The van der Waals surface area contributed by atoms with Crippen LogP contribution in [0.2, 0.25) is 5.04 Å². The first-order chi connectivity index (χ1) is 28.9. The van der Waals surface area contributed by atoms with Crippen LogP contribution in [0.4, 0.5) is 0 Å². The third-order valence-electron chi connectivity index (χ3n) is 12.0. The average Bonchev–Trinajstić information content (AvgIpc) is 3.86. The van der Waals surface area contributed by atoms with Crippen LogP contribution in [0.1, 0.15) is 56.0 Å². The third kappa shape index (κ3) is 8.70. The summed E-state index contributed by atoms with van der Waals surface area (Å²) >= 11 is 3.58. The second-order valence-electron chi connectivity index (χ2n) is 16.6. The summed E-state index contributed by atoms with van der Waals surface area (Å²) in [4.78, 5) is 30.9. The molecule has 1 saturated heterocycles. The average molecular weight is 954 g/mol. The molecule has 0 spiro atoms. The van der Waals surface area contributed by atoms with Gasteiger partial charge >= 0.3 is 0 Å². The summed E-state index contributed by atoms with van der Waals surface area (Å²) in [6.45, 7) is 6.52. The molecule has 0 radical (unpaired) electrons. The van der Waals surface area contributed by atoms with Crippen LogP contribution in [0.3, 0.4) is 0 Å². The zero-order valence-electron chi connectivity index (χ0n) is 34.4. The fourth-order valence-corrected chi connectivity index (χ4v) is 15.1. The molecule has 1 aliphatic heterocycles. The maximum Gasteiger partial charge on any atom is 0.261 e. The number of amides is 2. The van der Waals surface area contributed by atoms with E-state index in [1.165, 1.54) is 23.3 Å². The van der Waals surface area contributed by atoms with Crippen molar-refractivity contribution in [3.63, 3.8) is 0 Å². The number of methoxy groups -OCH3 is 1. The largest absolute Gasteiger partial charge is 0.504 e. The fourth-order valence-electron chi connectivity index (χ4n) is 9.26. The summed E-state index contributed by atoms with van der Waals surface area (Å²) < 4.78 is 13.6. The number of phenolic OH excluding ortho intramolecular Hbond substituents is 1.